The highest BCUT2D eigenvalue weighted by atomic mass is 35.5. The number of nitrogens with one attached hydrogen (secondary N) is 1. The minimum Gasteiger partial charge on any atom is -0.338 e. The SMILES string of the molecule is CC(=O)N(CCC(=O)Nc1c(Cl)cccc1Cl)Cc1ccccc1. The molecule has 1 N–H and O–H groups in total. The summed E-state index contributed by atoms with van der Waals surface area (Å²) in [6.07, 6.45) is 0.161. The topological polar surface area (TPSA) is 49.4 Å². The fraction of sp³-hybridized carbons (Fsp3) is 0.222. The molecule has 0 radical (unpaired) electrons. The van der Waals surface area contributed by atoms with Crippen molar-refractivity contribution in [3.63, 3.8) is 0 Å². The Morgan fingerprint density at radius 1 is 1.00 bits per heavy atom. The number of benzene rings is 2. The fourth-order valence-electron chi connectivity index (χ4n) is 2.21. The third-order valence-electron chi connectivity index (χ3n) is 3.50. The summed E-state index contributed by atoms with van der Waals surface area (Å²) in [6, 6.07) is 14.7. The van der Waals surface area contributed by atoms with Gasteiger partial charge in [-0.2, -0.15) is 0 Å². The first-order valence-electron chi connectivity index (χ1n) is 7.50. The number of nitrogens with zero attached hydrogens (tertiary/aromatic N) is 1. The Bertz CT molecular complexity index is 700. The van der Waals surface area contributed by atoms with E-state index in [1.807, 2.05) is 30.3 Å². The van der Waals surface area contributed by atoms with Crippen LogP contribution in [0, 0.1) is 0 Å². The maximum atomic E-state index is 12.1. The summed E-state index contributed by atoms with van der Waals surface area (Å²) in [5.41, 5.74) is 1.41. The molecule has 4 nitrogen and oxygen atoms in total. The van der Waals surface area contributed by atoms with Crippen LogP contribution < -0.4 is 5.32 Å². The number of carbonyl (C=O) groups is 2. The van der Waals surface area contributed by atoms with Gasteiger partial charge in [0.25, 0.3) is 0 Å². The maximum absolute atomic E-state index is 12.1. The van der Waals surface area contributed by atoms with Gasteiger partial charge in [0.2, 0.25) is 11.8 Å². The molecule has 0 bridgehead atoms. The lowest BCUT2D eigenvalue weighted by Gasteiger charge is -2.21. The monoisotopic (exact) mass is 364 g/mol. The van der Waals surface area contributed by atoms with Crippen LogP contribution in [0.4, 0.5) is 5.69 Å². The molecule has 6 heteroatoms. The smallest absolute Gasteiger partial charge is 0.226 e. The van der Waals surface area contributed by atoms with Gasteiger partial charge in [0.15, 0.2) is 0 Å². The molecule has 2 aromatic carbocycles. The Morgan fingerprint density at radius 2 is 1.62 bits per heavy atom. The summed E-state index contributed by atoms with van der Waals surface area (Å²) in [5.74, 6) is -0.327. The summed E-state index contributed by atoms with van der Waals surface area (Å²) >= 11 is 12.1. The van der Waals surface area contributed by atoms with E-state index in [1.165, 1.54) is 6.92 Å². The number of anilines is 1. The summed E-state index contributed by atoms with van der Waals surface area (Å²) < 4.78 is 0. The average molecular weight is 365 g/mol. The van der Waals surface area contributed by atoms with Crippen LogP contribution in [-0.2, 0) is 16.1 Å². The maximum Gasteiger partial charge on any atom is 0.226 e. The number of amides is 2. The normalized spacial score (nSPS) is 10.3. The molecule has 24 heavy (non-hydrogen) atoms. The van der Waals surface area contributed by atoms with Crippen LogP contribution in [0.15, 0.2) is 48.5 Å². The van der Waals surface area contributed by atoms with Crippen LogP contribution in [0.5, 0.6) is 0 Å². The van der Waals surface area contributed by atoms with Crippen molar-refractivity contribution in [3.8, 4) is 0 Å². The van der Waals surface area contributed by atoms with Crippen molar-refractivity contribution in [2.24, 2.45) is 0 Å². The van der Waals surface area contributed by atoms with Crippen molar-refractivity contribution >= 4 is 40.7 Å². The van der Waals surface area contributed by atoms with Gasteiger partial charge < -0.3 is 10.2 Å². The molecule has 0 fully saturated rings. The number of rotatable bonds is 6. The lowest BCUT2D eigenvalue weighted by molar-refractivity contribution is -0.129. The van der Waals surface area contributed by atoms with E-state index in [0.29, 0.717) is 28.8 Å². The molecule has 0 saturated heterocycles. The summed E-state index contributed by atoms with van der Waals surface area (Å²) in [6.45, 7) is 2.28. The van der Waals surface area contributed by atoms with E-state index < -0.39 is 0 Å². The van der Waals surface area contributed by atoms with Crippen molar-refractivity contribution in [3.05, 3.63) is 64.1 Å². The molecule has 0 aliphatic carbocycles. The van der Waals surface area contributed by atoms with Crippen molar-refractivity contribution in [1.29, 1.82) is 0 Å². The van der Waals surface area contributed by atoms with Crippen molar-refractivity contribution in [1.82, 2.24) is 4.90 Å². The van der Waals surface area contributed by atoms with Gasteiger partial charge in [-0.15, -0.1) is 0 Å². The minimum atomic E-state index is -0.246. The molecular weight excluding hydrogens is 347 g/mol. The molecule has 2 rings (SSSR count). The number of halogens is 2. The molecule has 0 aliphatic rings. The molecule has 0 aliphatic heterocycles. The van der Waals surface area contributed by atoms with Crippen LogP contribution in [0.25, 0.3) is 0 Å². The first kappa shape index (κ1) is 18.3. The van der Waals surface area contributed by atoms with Crippen LogP contribution in [-0.4, -0.2) is 23.3 Å². The van der Waals surface area contributed by atoms with E-state index in [2.05, 4.69) is 5.32 Å². The largest absolute Gasteiger partial charge is 0.338 e. The Morgan fingerprint density at radius 3 is 2.21 bits per heavy atom. The predicted octanol–water partition coefficient (Wildman–Crippen LogP) is 4.37. The van der Waals surface area contributed by atoms with E-state index in [0.717, 1.165) is 5.56 Å². The molecule has 0 saturated carbocycles. The van der Waals surface area contributed by atoms with Gasteiger partial charge in [0, 0.05) is 26.4 Å². The second-order valence-corrected chi connectivity index (χ2v) is 6.14. The van der Waals surface area contributed by atoms with Gasteiger partial charge >= 0.3 is 0 Å². The summed E-state index contributed by atoms with van der Waals surface area (Å²) in [5, 5.41) is 3.45. The van der Waals surface area contributed by atoms with Gasteiger partial charge in [0.1, 0.15) is 0 Å². The molecule has 2 amide bonds. The van der Waals surface area contributed by atoms with Crippen LogP contribution in [0.3, 0.4) is 0 Å². The zero-order chi connectivity index (χ0) is 17.5. The van der Waals surface area contributed by atoms with E-state index >= 15 is 0 Å². The average Bonchev–Trinajstić information content (AvgIpc) is 2.55. The zero-order valence-electron chi connectivity index (χ0n) is 13.3. The summed E-state index contributed by atoms with van der Waals surface area (Å²) in [4.78, 5) is 25.5. The highest BCUT2D eigenvalue weighted by Gasteiger charge is 2.14. The van der Waals surface area contributed by atoms with Crippen LogP contribution in [0.1, 0.15) is 18.9 Å². The molecule has 0 unspecified atom stereocenters. The van der Waals surface area contributed by atoms with Gasteiger partial charge in [0.05, 0.1) is 15.7 Å². The highest BCUT2D eigenvalue weighted by molar-refractivity contribution is 6.39. The molecule has 0 spiro atoms. The van der Waals surface area contributed by atoms with E-state index in [9.17, 15) is 9.59 Å². The third-order valence-corrected chi connectivity index (χ3v) is 4.13. The molecule has 0 aromatic heterocycles. The van der Waals surface area contributed by atoms with Crippen molar-refractivity contribution < 1.29 is 9.59 Å². The Balaban J connectivity index is 1.94. The first-order valence-corrected chi connectivity index (χ1v) is 8.26. The Hall–Kier alpha value is -2.04. The van der Waals surface area contributed by atoms with Gasteiger partial charge in [-0.25, -0.2) is 0 Å². The number of hydrogen-bond acceptors (Lipinski definition) is 2. The number of para-hydroxylation sites is 1. The van der Waals surface area contributed by atoms with E-state index in [-0.39, 0.29) is 18.2 Å². The minimum absolute atomic E-state index is 0.0811. The Kier molecular flexibility index (Phi) is 6.64. The second kappa shape index (κ2) is 8.71. The Labute approximate surface area is 151 Å². The lowest BCUT2D eigenvalue weighted by atomic mass is 10.2. The van der Waals surface area contributed by atoms with Crippen LogP contribution >= 0.6 is 23.2 Å². The van der Waals surface area contributed by atoms with E-state index in [1.54, 1.807) is 23.1 Å². The molecular formula is C18H18Cl2N2O2. The molecule has 126 valence electrons. The van der Waals surface area contributed by atoms with Gasteiger partial charge in [-0.05, 0) is 17.7 Å². The van der Waals surface area contributed by atoms with Crippen molar-refractivity contribution in [2.75, 3.05) is 11.9 Å². The first-order chi connectivity index (χ1) is 11.5. The van der Waals surface area contributed by atoms with Gasteiger partial charge in [-0.1, -0.05) is 59.6 Å². The lowest BCUT2D eigenvalue weighted by Crippen LogP contribution is -2.31. The number of carbonyl (C=O) groups excluding carboxylic acids is 2. The van der Waals surface area contributed by atoms with Crippen molar-refractivity contribution in [2.45, 2.75) is 19.9 Å². The third kappa shape index (κ3) is 5.25. The molecule has 0 heterocycles. The molecule has 0 atom stereocenters. The fourth-order valence-corrected chi connectivity index (χ4v) is 2.70. The number of hydrogen-bond donors (Lipinski definition) is 1. The van der Waals surface area contributed by atoms with E-state index in [4.69, 9.17) is 23.2 Å². The summed E-state index contributed by atoms with van der Waals surface area (Å²) in [7, 11) is 0. The quantitative estimate of drug-likeness (QED) is 0.826. The van der Waals surface area contributed by atoms with Crippen LogP contribution in [0.2, 0.25) is 10.0 Å². The predicted molar refractivity (Wildman–Crippen MR) is 97.2 cm³/mol. The highest BCUT2D eigenvalue weighted by Crippen LogP contribution is 2.29. The molecule has 2 aromatic rings. The standard InChI is InChI=1S/C18H18Cl2N2O2/c1-13(23)22(12-14-6-3-2-4-7-14)11-10-17(24)21-18-15(19)8-5-9-16(18)20/h2-9H,10-12H2,1H3,(H,21,24). The second-order valence-electron chi connectivity index (χ2n) is 5.32. The zero-order valence-corrected chi connectivity index (χ0v) is 14.8. The van der Waals surface area contributed by atoms with Gasteiger partial charge in [-0.3, -0.25) is 9.59 Å².